The Kier molecular flexibility index (Phi) is 15.4. The zero-order chi connectivity index (χ0) is 8.85. The SMILES string of the molecule is CC(=O)OC(=O)CNC(=N)N.[NaH].[NaH]. The van der Waals surface area contributed by atoms with Gasteiger partial charge in [-0.15, -0.1) is 0 Å². The fourth-order valence-electron chi connectivity index (χ4n) is 0.364. The van der Waals surface area contributed by atoms with Crippen molar-refractivity contribution < 1.29 is 14.3 Å². The topological polar surface area (TPSA) is 105 Å². The standard InChI is InChI=1S/C5H9N3O3.2Na.2H/c1-3(9)11-4(10)2-8-5(6)7;;;;/h2H2,1H3,(H4,6,7,8);;;;. The van der Waals surface area contributed by atoms with Gasteiger partial charge in [-0.1, -0.05) is 0 Å². The van der Waals surface area contributed by atoms with E-state index in [1.165, 1.54) is 0 Å². The molecule has 0 fully saturated rings. The third-order valence-corrected chi connectivity index (χ3v) is 0.681. The third-order valence-electron chi connectivity index (χ3n) is 0.681. The van der Waals surface area contributed by atoms with Crippen molar-refractivity contribution in [3.8, 4) is 0 Å². The molecule has 0 amide bonds. The molecule has 0 aromatic heterocycles. The number of carbonyl (C=O) groups excluding carboxylic acids is 2. The van der Waals surface area contributed by atoms with Gasteiger partial charge >= 0.3 is 71.1 Å². The van der Waals surface area contributed by atoms with Gasteiger partial charge in [0.15, 0.2) is 5.96 Å². The van der Waals surface area contributed by atoms with E-state index in [0.717, 1.165) is 6.92 Å². The molecule has 0 aliphatic heterocycles. The molecule has 0 bridgehead atoms. The van der Waals surface area contributed by atoms with E-state index >= 15 is 0 Å². The van der Waals surface area contributed by atoms with Crippen molar-refractivity contribution in [2.45, 2.75) is 6.92 Å². The maximum absolute atomic E-state index is 10.5. The molecule has 0 rings (SSSR count). The van der Waals surface area contributed by atoms with Crippen LogP contribution in [0.2, 0.25) is 0 Å². The third kappa shape index (κ3) is 15.2. The van der Waals surface area contributed by atoms with Crippen LogP contribution in [0.3, 0.4) is 0 Å². The van der Waals surface area contributed by atoms with E-state index in [9.17, 15) is 9.59 Å². The summed E-state index contributed by atoms with van der Waals surface area (Å²) < 4.78 is 4.11. The van der Waals surface area contributed by atoms with Gasteiger partial charge in [0.25, 0.3) is 0 Å². The summed E-state index contributed by atoms with van der Waals surface area (Å²) in [5, 5.41) is 8.83. The van der Waals surface area contributed by atoms with Gasteiger partial charge in [-0.05, 0) is 0 Å². The number of guanidine groups is 1. The summed E-state index contributed by atoms with van der Waals surface area (Å²) >= 11 is 0. The molecular formula is C5H11N3Na2O3. The first kappa shape index (κ1) is 19.1. The molecule has 8 heteroatoms. The number of nitrogens with two attached hydrogens (primary N) is 1. The van der Waals surface area contributed by atoms with E-state index in [2.05, 4.69) is 10.1 Å². The van der Waals surface area contributed by atoms with Gasteiger partial charge in [0.2, 0.25) is 0 Å². The molecule has 0 unspecified atom stereocenters. The molecule has 0 saturated heterocycles. The molecule has 6 nitrogen and oxygen atoms in total. The number of hydrogen-bond donors (Lipinski definition) is 3. The molecule has 0 heterocycles. The van der Waals surface area contributed by atoms with Gasteiger partial charge in [0.05, 0.1) is 0 Å². The maximum atomic E-state index is 10.5. The molecule has 13 heavy (non-hydrogen) atoms. The molecule has 0 aliphatic rings. The zero-order valence-electron chi connectivity index (χ0n) is 6.01. The van der Waals surface area contributed by atoms with Crippen molar-refractivity contribution in [3.63, 3.8) is 0 Å². The Morgan fingerprint density at radius 1 is 1.46 bits per heavy atom. The Hall–Kier alpha value is 0.410. The van der Waals surface area contributed by atoms with Crippen LogP contribution in [0.4, 0.5) is 0 Å². The predicted molar refractivity (Wildman–Crippen MR) is 51.0 cm³/mol. The van der Waals surface area contributed by atoms with Gasteiger partial charge in [-0.3, -0.25) is 10.2 Å². The summed E-state index contributed by atoms with van der Waals surface area (Å²) in [6, 6.07) is 0. The van der Waals surface area contributed by atoms with Crippen LogP contribution >= 0.6 is 0 Å². The number of ether oxygens (including phenoxy) is 1. The van der Waals surface area contributed by atoms with Crippen LogP contribution in [0.1, 0.15) is 6.92 Å². The van der Waals surface area contributed by atoms with Gasteiger partial charge in [-0.25, -0.2) is 4.79 Å². The van der Waals surface area contributed by atoms with Crippen LogP contribution in [0.15, 0.2) is 0 Å². The first-order chi connectivity index (χ1) is 5.02. The quantitative estimate of drug-likeness (QED) is 0.150. The average molecular weight is 207 g/mol. The summed E-state index contributed by atoms with van der Waals surface area (Å²) in [4.78, 5) is 20.6. The molecule has 0 radical (unpaired) electrons. The molecule has 0 aromatic carbocycles. The summed E-state index contributed by atoms with van der Waals surface area (Å²) in [5.74, 6) is -1.78. The van der Waals surface area contributed by atoms with Crippen LogP contribution in [0.5, 0.6) is 0 Å². The molecule has 0 aliphatic carbocycles. The number of hydrogen-bond acceptors (Lipinski definition) is 4. The minimum atomic E-state index is -0.757. The summed E-state index contributed by atoms with van der Waals surface area (Å²) in [6.07, 6.45) is 0. The second-order valence-electron chi connectivity index (χ2n) is 1.73. The van der Waals surface area contributed by atoms with Crippen LogP contribution in [-0.4, -0.2) is 83.6 Å². The van der Waals surface area contributed by atoms with Crippen molar-refractivity contribution in [1.82, 2.24) is 5.32 Å². The Bertz CT molecular complexity index is 197. The fraction of sp³-hybridized carbons (Fsp3) is 0.400. The Balaban J connectivity index is -0.000000500. The van der Waals surface area contributed by atoms with Crippen molar-refractivity contribution in [1.29, 1.82) is 5.41 Å². The minimum absolute atomic E-state index is 0. The second-order valence-corrected chi connectivity index (χ2v) is 1.73. The van der Waals surface area contributed by atoms with Gasteiger partial charge in [0, 0.05) is 6.92 Å². The van der Waals surface area contributed by atoms with Crippen LogP contribution in [-0.2, 0) is 14.3 Å². The van der Waals surface area contributed by atoms with Crippen LogP contribution < -0.4 is 11.1 Å². The van der Waals surface area contributed by atoms with E-state index in [1.807, 2.05) is 0 Å². The predicted octanol–water partition coefficient (Wildman–Crippen LogP) is -2.74. The van der Waals surface area contributed by atoms with Crippen molar-refractivity contribution >= 4 is 77.0 Å². The summed E-state index contributed by atoms with van der Waals surface area (Å²) in [7, 11) is 0. The Labute approximate surface area is 120 Å². The van der Waals surface area contributed by atoms with Gasteiger partial charge in [-0.2, -0.15) is 0 Å². The number of nitrogens with one attached hydrogen (secondary N) is 2. The van der Waals surface area contributed by atoms with Crippen LogP contribution in [0.25, 0.3) is 0 Å². The summed E-state index contributed by atoms with van der Waals surface area (Å²) in [6.45, 7) is 0.848. The average Bonchev–Trinajstić information content (AvgIpc) is 1.82. The monoisotopic (exact) mass is 207 g/mol. The first-order valence-electron chi connectivity index (χ1n) is 2.81. The van der Waals surface area contributed by atoms with E-state index in [0.29, 0.717) is 0 Å². The Morgan fingerprint density at radius 3 is 2.23 bits per heavy atom. The molecule has 0 aromatic rings. The second kappa shape index (κ2) is 10.5. The summed E-state index contributed by atoms with van der Waals surface area (Å²) in [5.41, 5.74) is 4.85. The van der Waals surface area contributed by atoms with Crippen molar-refractivity contribution in [2.75, 3.05) is 6.54 Å². The number of esters is 2. The number of rotatable bonds is 2. The molecule has 66 valence electrons. The zero-order valence-corrected chi connectivity index (χ0v) is 6.01. The Morgan fingerprint density at radius 2 is 1.92 bits per heavy atom. The molecule has 0 atom stereocenters. The number of carbonyl (C=O) groups is 2. The van der Waals surface area contributed by atoms with Crippen molar-refractivity contribution in [2.24, 2.45) is 5.73 Å². The molecule has 0 spiro atoms. The molecular weight excluding hydrogens is 196 g/mol. The van der Waals surface area contributed by atoms with E-state index < -0.39 is 11.9 Å². The fourth-order valence-corrected chi connectivity index (χ4v) is 0.364. The normalized spacial score (nSPS) is 7.15. The van der Waals surface area contributed by atoms with Crippen molar-refractivity contribution in [3.05, 3.63) is 0 Å². The molecule has 4 N–H and O–H groups in total. The van der Waals surface area contributed by atoms with E-state index in [1.54, 1.807) is 0 Å². The van der Waals surface area contributed by atoms with E-state index in [-0.39, 0.29) is 71.6 Å². The first-order valence-corrected chi connectivity index (χ1v) is 2.81. The van der Waals surface area contributed by atoms with Gasteiger partial charge in [0.1, 0.15) is 6.54 Å². The molecule has 0 saturated carbocycles. The van der Waals surface area contributed by atoms with E-state index in [4.69, 9.17) is 11.1 Å². The van der Waals surface area contributed by atoms with Gasteiger partial charge < -0.3 is 15.8 Å². The van der Waals surface area contributed by atoms with Crippen LogP contribution in [0, 0.1) is 5.41 Å².